The van der Waals surface area contributed by atoms with Gasteiger partial charge in [-0.15, -0.1) is 0 Å². The number of benzene rings is 1. The molecule has 1 aromatic rings. The molecule has 0 radical (unpaired) electrons. The first kappa shape index (κ1) is 11.2. The number of nitrogens with two attached hydrogens (primary N) is 1. The fraction of sp³-hybridized carbons (Fsp3) is 0.571. The zero-order valence-electron chi connectivity index (χ0n) is 10.0. The van der Waals surface area contributed by atoms with Crippen LogP contribution >= 0.6 is 0 Å². The maximum absolute atomic E-state index is 13.0. The van der Waals surface area contributed by atoms with Crippen molar-refractivity contribution in [2.75, 3.05) is 13.1 Å². The Morgan fingerprint density at radius 1 is 1.12 bits per heavy atom. The van der Waals surface area contributed by atoms with Crippen LogP contribution in [0.1, 0.15) is 37.3 Å². The summed E-state index contributed by atoms with van der Waals surface area (Å²) in [5, 5.41) is 0. The Kier molecular flexibility index (Phi) is 2.68. The van der Waals surface area contributed by atoms with E-state index in [1.165, 1.54) is 18.4 Å². The van der Waals surface area contributed by atoms with Gasteiger partial charge in [0.05, 0.1) is 6.04 Å². The molecule has 0 amide bonds. The first-order valence-corrected chi connectivity index (χ1v) is 6.47. The molecule has 1 heterocycles. The van der Waals surface area contributed by atoms with Gasteiger partial charge < -0.3 is 5.73 Å². The molecule has 0 aromatic heterocycles. The van der Waals surface area contributed by atoms with Crippen LogP contribution < -0.4 is 5.73 Å². The Labute approximate surface area is 102 Å². The molecular weight excluding hydrogens is 215 g/mol. The van der Waals surface area contributed by atoms with Crippen LogP contribution in [-0.2, 0) is 0 Å². The molecule has 1 saturated carbocycles. The van der Waals surface area contributed by atoms with Gasteiger partial charge in [0, 0.05) is 5.54 Å². The van der Waals surface area contributed by atoms with Crippen LogP contribution in [0.5, 0.6) is 0 Å². The molecule has 3 rings (SSSR count). The smallest absolute Gasteiger partial charge is 0.123 e. The minimum atomic E-state index is -0.171. The molecule has 1 saturated heterocycles. The molecule has 1 aliphatic carbocycles. The lowest BCUT2D eigenvalue weighted by atomic mass is 9.96. The lowest BCUT2D eigenvalue weighted by Gasteiger charge is -2.33. The van der Waals surface area contributed by atoms with Gasteiger partial charge in [-0.25, -0.2) is 4.39 Å². The molecule has 0 bridgehead atoms. The van der Waals surface area contributed by atoms with E-state index in [2.05, 4.69) is 4.90 Å². The van der Waals surface area contributed by atoms with Crippen LogP contribution in [0.25, 0.3) is 0 Å². The SMILES string of the molecule is NC1(C(c2ccc(F)cc2)N2CCCC2)CC1. The number of halogens is 1. The van der Waals surface area contributed by atoms with Gasteiger partial charge >= 0.3 is 0 Å². The standard InChI is InChI=1S/C14H19FN2/c15-12-5-3-11(4-6-12)13(14(16)7-8-14)17-9-1-2-10-17/h3-6,13H,1-2,7-10,16H2. The third kappa shape index (κ3) is 2.09. The Hall–Kier alpha value is -0.930. The van der Waals surface area contributed by atoms with E-state index in [1.807, 2.05) is 12.1 Å². The van der Waals surface area contributed by atoms with E-state index in [9.17, 15) is 4.39 Å². The molecule has 3 heteroatoms. The van der Waals surface area contributed by atoms with E-state index in [1.54, 1.807) is 12.1 Å². The van der Waals surface area contributed by atoms with Gasteiger partial charge in [-0.05, 0) is 56.5 Å². The third-order valence-electron chi connectivity index (χ3n) is 4.06. The van der Waals surface area contributed by atoms with Gasteiger partial charge in [0.15, 0.2) is 0 Å². The molecule has 1 unspecified atom stereocenters. The van der Waals surface area contributed by atoms with Crippen molar-refractivity contribution in [2.24, 2.45) is 5.73 Å². The molecule has 1 aromatic carbocycles. The summed E-state index contributed by atoms with van der Waals surface area (Å²) in [5.74, 6) is -0.171. The van der Waals surface area contributed by atoms with Gasteiger partial charge in [0.2, 0.25) is 0 Å². The highest BCUT2D eigenvalue weighted by atomic mass is 19.1. The summed E-state index contributed by atoms with van der Waals surface area (Å²) in [4.78, 5) is 2.47. The van der Waals surface area contributed by atoms with Crippen LogP contribution in [0.4, 0.5) is 4.39 Å². The van der Waals surface area contributed by atoms with Crippen LogP contribution in [0.3, 0.4) is 0 Å². The van der Waals surface area contributed by atoms with E-state index in [0.29, 0.717) is 0 Å². The van der Waals surface area contributed by atoms with E-state index in [-0.39, 0.29) is 17.4 Å². The van der Waals surface area contributed by atoms with Gasteiger partial charge in [-0.3, -0.25) is 4.90 Å². The van der Waals surface area contributed by atoms with Crippen LogP contribution in [0, 0.1) is 5.82 Å². The lowest BCUT2D eigenvalue weighted by Crippen LogP contribution is -2.41. The summed E-state index contributed by atoms with van der Waals surface area (Å²) < 4.78 is 13.0. The molecule has 2 nitrogen and oxygen atoms in total. The van der Waals surface area contributed by atoms with Crippen LogP contribution in [-0.4, -0.2) is 23.5 Å². The Morgan fingerprint density at radius 3 is 2.24 bits per heavy atom. The van der Waals surface area contributed by atoms with E-state index in [4.69, 9.17) is 5.73 Å². The second-order valence-electron chi connectivity index (χ2n) is 5.43. The second-order valence-corrected chi connectivity index (χ2v) is 5.43. The van der Waals surface area contributed by atoms with E-state index >= 15 is 0 Å². The van der Waals surface area contributed by atoms with Gasteiger partial charge in [-0.2, -0.15) is 0 Å². The highest BCUT2D eigenvalue weighted by Gasteiger charge is 2.49. The second kappa shape index (κ2) is 4.07. The summed E-state index contributed by atoms with van der Waals surface area (Å²) in [6.07, 6.45) is 4.69. The number of hydrogen-bond acceptors (Lipinski definition) is 2. The minimum absolute atomic E-state index is 0.0673. The lowest BCUT2D eigenvalue weighted by molar-refractivity contribution is 0.202. The Bertz CT molecular complexity index is 391. The van der Waals surface area contributed by atoms with Crippen molar-refractivity contribution in [3.8, 4) is 0 Å². The molecule has 0 spiro atoms. The summed E-state index contributed by atoms with van der Waals surface area (Å²) in [6.45, 7) is 2.25. The molecule has 1 atom stereocenters. The van der Waals surface area contributed by atoms with E-state index in [0.717, 1.165) is 25.9 Å². The van der Waals surface area contributed by atoms with Gasteiger partial charge in [-0.1, -0.05) is 12.1 Å². The average Bonchev–Trinajstić information content (AvgIpc) is 2.85. The number of rotatable bonds is 3. The van der Waals surface area contributed by atoms with Crippen molar-refractivity contribution >= 4 is 0 Å². The molecule has 1 aliphatic heterocycles. The zero-order chi connectivity index (χ0) is 11.9. The van der Waals surface area contributed by atoms with Crippen LogP contribution in [0.15, 0.2) is 24.3 Å². The van der Waals surface area contributed by atoms with Crippen molar-refractivity contribution in [2.45, 2.75) is 37.3 Å². The third-order valence-corrected chi connectivity index (χ3v) is 4.06. The maximum atomic E-state index is 13.0. The zero-order valence-corrected chi connectivity index (χ0v) is 10.0. The highest BCUT2D eigenvalue weighted by molar-refractivity contribution is 5.27. The van der Waals surface area contributed by atoms with Crippen molar-refractivity contribution in [3.63, 3.8) is 0 Å². The molecule has 2 N–H and O–H groups in total. The molecule has 17 heavy (non-hydrogen) atoms. The normalized spacial score (nSPS) is 24.8. The summed E-state index contributed by atoms with van der Waals surface area (Å²) in [7, 11) is 0. The average molecular weight is 234 g/mol. The van der Waals surface area contributed by atoms with E-state index < -0.39 is 0 Å². The molecule has 92 valence electrons. The topological polar surface area (TPSA) is 29.3 Å². The summed E-state index contributed by atoms with van der Waals surface area (Å²) in [5.41, 5.74) is 7.51. The van der Waals surface area contributed by atoms with Crippen molar-refractivity contribution in [3.05, 3.63) is 35.6 Å². The summed E-state index contributed by atoms with van der Waals surface area (Å²) in [6, 6.07) is 7.16. The molecular formula is C14H19FN2. The van der Waals surface area contributed by atoms with Crippen molar-refractivity contribution in [1.82, 2.24) is 4.90 Å². The Morgan fingerprint density at radius 2 is 1.71 bits per heavy atom. The fourth-order valence-corrected chi connectivity index (χ4v) is 2.97. The minimum Gasteiger partial charge on any atom is -0.323 e. The predicted molar refractivity (Wildman–Crippen MR) is 66.1 cm³/mol. The largest absolute Gasteiger partial charge is 0.323 e. The van der Waals surface area contributed by atoms with Crippen LogP contribution in [0.2, 0.25) is 0 Å². The number of hydrogen-bond donors (Lipinski definition) is 1. The fourth-order valence-electron chi connectivity index (χ4n) is 2.97. The number of nitrogens with zero attached hydrogens (tertiary/aromatic N) is 1. The maximum Gasteiger partial charge on any atom is 0.123 e. The molecule has 2 aliphatic rings. The summed E-state index contributed by atoms with van der Waals surface area (Å²) >= 11 is 0. The first-order valence-electron chi connectivity index (χ1n) is 6.47. The van der Waals surface area contributed by atoms with Crippen molar-refractivity contribution in [1.29, 1.82) is 0 Å². The Balaban J connectivity index is 1.90. The van der Waals surface area contributed by atoms with Gasteiger partial charge in [0.25, 0.3) is 0 Å². The highest BCUT2D eigenvalue weighted by Crippen LogP contribution is 2.47. The monoisotopic (exact) mass is 234 g/mol. The predicted octanol–water partition coefficient (Wildman–Crippen LogP) is 2.45. The molecule has 2 fully saturated rings. The number of likely N-dealkylation sites (tertiary alicyclic amines) is 1. The van der Waals surface area contributed by atoms with Crippen molar-refractivity contribution < 1.29 is 4.39 Å². The quantitative estimate of drug-likeness (QED) is 0.870. The first-order chi connectivity index (χ1) is 8.19. The van der Waals surface area contributed by atoms with Gasteiger partial charge in [0.1, 0.15) is 5.82 Å².